The first-order valence-corrected chi connectivity index (χ1v) is 12.1. The third-order valence-corrected chi connectivity index (χ3v) is 4.84. The Morgan fingerprint density at radius 3 is 1.50 bits per heavy atom. The van der Waals surface area contributed by atoms with Crippen molar-refractivity contribution in [3.05, 3.63) is 83.4 Å². The number of hydrogen-bond donors (Lipinski definition) is 4. The Kier molecular flexibility index (Phi) is 11.0. The molecule has 0 aliphatic carbocycles. The summed E-state index contributed by atoms with van der Waals surface area (Å²) in [5.41, 5.74) is 9.46. The highest BCUT2D eigenvalue weighted by Gasteiger charge is 2.17. The largest absolute Gasteiger partial charge is 0.692 e. The summed E-state index contributed by atoms with van der Waals surface area (Å²) in [4.78, 5) is 28.5. The topological polar surface area (TPSA) is 115 Å². The van der Waals surface area contributed by atoms with E-state index >= 15 is 0 Å². The maximum Gasteiger partial charge on any atom is 0.692 e. The van der Waals surface area contributed by atoms with Gasteiger partial charge in [0.1, 0.15) is 0 Å². The summed E-state index contributed by atoms with van der Waals surface area (Å²) in [6.07, 6.45) is 0. The van der Waals surface area contributed by atoms with E-state index in [2.05, 4.69) is 101 Å². The van der Waals surface area contributed by atoms with Gasteiger partial charge in [-0.15, -0.1) is 19.6 Å². The van der Waals surface area contributed by atoms with Crippen molar-refractivity contribution in [2.24, 2.45) is 0 Å². The van der Waals surface area contributed by atoms with Gasteiger partial charge >= 0.3 is 16.5 Å². The normalized spacial score (nSPS) is 10.3. The summed E-state index contributed by atoms with van der Waals surface area (Å²) in [5.74, 6) is 0. The quantitative estimate of drug-likeness (QED) is 0.328. The molecule has 3 rings (SSSR count). The lowest BCUT2D eigenvalue weighted by atomic mass is 9.82. The molecule has 0 amide bonds. The van der Waals surface area contributed by atoms with Crippen molar-refractivity contribution in [2.75, 3.05) is 0 Å². The highest BCUT2D eigenvalue weighted by molar-refractivity contribution is 7.31. The zero-order chi connectivity index (χ0) is 24.5. The summed E-state index contributed by atoms with van der Waals surface area (Å²) in [7, 11) is -5.74. The predicted octanol–water partition coefficient (Wildman–Crippen LogP) is 6.19. The molecule has 0 unspecified atom stereocenters. The average molecular weight is 476 g/mol. The van der Waals surface area contributed by atoms with Crippen molar-refractivity contribution in [1.29, 1.82) is 0 Å². The molecule has 0 aliphatic heterocycles. The maximum atomic E-state index is 8.70. The van der Waals surface area contributed by atoms with E-state index in [-0.39, 0.29) is 5.41 Å². The molecule has 3 aromatic rings. The average Bonchev–Trinajstić information content (AvgIpc) is 2.69. The molecule has 0 aliphatic rings. The van der Waals surface area contributed by atoms with Crippen LogP contribution in [0.4, 0.5) is 0 Å². The summed E-state index contributed by atoms with van der Waals surface area (Å²) < 4.78 is 17.4. The van der Waals surface area contributed by atoms with E-state index in [1.54, 1.807) is 0 Å². The summed E-state index contributed by atoms with van der Waals surface area (Å²) >= 11 is 0. The number of hydrogen-bond acceptors (Lipinski definition) is 2. The Labute approximate surface area is 191 Å². The summed E-state index contributed by atoms with van der Waals surface area (Å²) in [6.45, 7) is 11.3. The van der Waals surface area contributed by atoms with Crippen LogP contribution in [0.25, 0.3) is 22.3 Å². The monoisotopic (exact) mass is 476 g/mol. The molecule has 170 valence electrons. The second-order valence-electron chi connectivity index (χ2n) is 8.16. The Morgan fingerprint density at radius 2 is 1.06 bits per heavy atom. The Balaban J connectivity index is 0.000000554. The second kappa shape index (κ2) is 12.7. The molecule has 32 heavy (non-hydrogen) atoms. The van der Waals surface area contributed by atoms with E-state index in [1.807, 2.05) is 0 Å². The van der Waals surface area contributed by atoms with Gasteiger partial charge in [0.05, 0.1) is 0 Å². The minimum Gasteiger partial charge on any atom is -0.134 e. The van der Waals surface area contributed by atoms with Gasteiger partial charge < -0.3 is 0 Å². The second-order valence-corrected chi connectivity index (χ2v) is 9.18. The van der Waals surface area contributed by atoms with Gasteiger partial charge in [-0.05, 0) is 58.2 Å². The van der Waals surface area contributed by atoms with Gasteiger partial charge in [-0.1, -0.05) is 87.5 Å². The molecule has 0 aromatic heterocycles. The molecule has 0 fully saturated rings. The third-order valence-electron chi connectivity index (χ3n) is 4.84. The van der Waals surface area contributed by atoms with Crippen molar-refractivity contribution in [3.63, 3.8) is 0 Å². The number of benzene rings is 3. The van der Waals surface area contributed by atoms with E-state index in [0.29, 0.717) is 0 Å². The Hall–Kier alpha value is -2.30. The van der Waals surface area contributed by atoms with Crippen molar-refractivity contribution in [3.8, 4) is 22.3 Å². The fraction of sp³-hybridized carbons (Fsp3) is 0.250. The SMILES string of the molecule is Cc1cc(C(C)(C)C)cc(-c2ccc(-c3ccccc3)cc2)c1C.O=[P+](O)O.O=[P+](O)O. The molecule has 3 aromatic carbocycles. The Morgan fingerprint density at radius 1 is 0.656 bits per heavy atom. The van der Waals surface area contributed by atoms with Gasteiger partial charge in [0.15, 0.2) is 0 Å². The lowest BCUT2D eigenvalue weighted by Gasteiger charge is -2.22. The van der Waals surface area contributed by atoms with Crippen molar-refractivity contribution in [2.45, 2.75) is 40.0 Å². The molecule has 0 saturated carbocycles. The van der Waals surface area contributed by atoms with Crippen molar-refractivity contribution >= 4 is 16.5 Å². The van der Waals surface area contributed by atoms with E-state index < -0.39 is 16.5 Å². The zero-order valence-corrected chi connectivity index (χ0v) is 20.6. The minimum absolute atomic E-state index is 0.164. The van der Waals surface area contributed by atoms with E-state index in [4.69, 9.17) is 28.7 Å². The molecule has 0 heterocycles. The van der Waals surface area contributed by atoms with Crippen LogP contribution in [0.5, 0.6) is 0 Å². The van der Waals surface area contributed by atoms with Gasteiger partial charge in [0, 0.05) is 9.13 Å². The van der Waals surface area contributed by atoms with Crippen molar-refractivity contribution < 1.29 is 28.7 Å². The molecule has 6 nitrogen and oxygen atoms in total. The number of rotatable bonds is 2. The zero-order valence-electron chi connectivity index (χ0n) is 18.9. The summed E-state index contributed by atoms with van der Waals surface area (Å²) in [5, 5.41) is 0. The molecule has 4 N–H and O–H groups in total. The minimum atomic E-state index is -2.87. The highest BCUT2D eigenvalue weighted by Crippen LogP contribution is 2.33. The molecular weight excluding hydrogens is 446 g/mol. The van der Waals surface area contributed by atoms with Crippen LogP contribution in [0.1, 0.15) is 37.5 Å². The predicted molar refractivity (Wildman–Crippen MR) is 130 cm³/mol. The van der Waals surface area contributed by atoms with Gasteiger partial charge in [0.25, 0.3) is 0 Å². The van der Waals surface area contributed by atoms with Crippen LogP contribution >= 0.6 is 16.5 Å². The number of aryl methyl sites for hydroxylation is 1. The van der Waals surface area contributed by atoms with Crippen LogP contribution in [-0.4, -0.2) is 19.6 Å². The van der Waals surface area contributed by atoms with E-state index in [1.165, 1.54) is 38.9 Å². The lowest BCUT2D eigenvalue weighted by molar-refractivity contribution is 0.403. The molecular formula is C24H30O6P2+2. The highest BCUT2D eigenvalue weighted by atomic mass is 31.1. The van der Waals surface area contributed by atoms with E-state index in [0.717, 1.165) is 0 Å². The first-order valence-electron chi connectivity index (χ1n) is 9.80. The molecule has 0 saturated heterocycles. The van der Waals surface area contributed by atoms with Crippen LogP contribution in [0, 0.1) is 13.8 Å². The summed E-state index contributed by atoms with van der Waals surface area (Å²) in [6, 6.07) is 24.2. The first kappa shape index (κ1) is 27.7. The molecule has 8 heteroatoms. The smallest absolute Gasteiger partial charge is 0.134 e. The van der Waals surface area contributed by atoms with Gasteiger partial charge in [-0.3, -0.25) is 0 Å². The van der Waals surface area contributed by atoms with Gasteiger partial charge in [-0.25, -0.2) is 0 Å². The van der Waals surface area contributed by atoms with Crippen LogP contribution in [0.3, 0.4) is 0 Å². The van der Waals surface area contributed by atoms with Crippen LogP contribution in [0.15, 0.2) is 66.7 Å². The molecule has 0 atom stereocenters. The first-order chi connectivity index (χ1) is 14.8. The fourth-order valence-corrected chi connectivity index (χ4v) is 3.07. The third kappa shape index (κ3) is 9.46. The van der Waals surface area contributed by atoms with Crippen LogP contribution in [0.2, 0.25) is 0 Å². The van der Waals surface area contributed by atoms with Crippen LogP contribution < -0.4 is 0 Å². The molecule has 0 bridgehead atoms. The maximum absolute atomic E-state index is 8.70. The van der Waals surface area contributed by atoms with Gasteiger partial charge in [0.2, 0.25) is 0 Å². The van der Waals surface area contributed by atoms with E-state index in [9.17, 15) is 0 Å². The Bertz CT molecular complexity index is 1020. The van der Waals surface area contributed by atoms with Gasteiger partial charge in [-0.2, -0.15) is 0 Å². The standard InChI is InChI=1S/C24H26.2HO3P/c1-17-15-22(24(3,4)5)16-23(18(17)2)21-13-11-20(12-14-21)19-9-7-6-8-10-19;2*1-4(2)3/h6-16H,1-5H3;2*(H-,1,2,3)/p+2. The lowest BCUT2D eigenvalue weighted by Crippen LogP contribution is -2.12. The molecule has 0 spiro atoms. The fourth-order valence-electron chi connectivity index (χ4n) is 3.07. The van der Waals surface area contributed by atoms with Crippen LogP contribution in [-0.2, 0) is 14.5 Å². The molecule has 0 radical (unpaired) electrons. The van der Waals surface area contributed by atoms with Crippen molar-refractivity contribution in [1.82, 2.24) is 0 Å².